The monoisotopic (exact) mass is 293 g/mol. The molecule has 1 aromatic carbocycles. The van der Waals surface area contributed by atoms with Gasteiger partial charge in [0.15, 0.2) is 9.84 Å². The van der Waals surface area contributed by atoms with Gasteiger partial charge in [-0.1, -0.05) is 19.1 Å². The Morgan fingerprint density at radius 2 is 2.00 bits per heavy atom. The van der Waals surface area contributed by atoms with Gasteiger partial charge in [0.25, 0.3) is 0 Å². The van der Waals surface area contributed by atoms with Gasteiger partial charge in [-0.2, -0.15) is 5.10 Å². The molecule has 0 aliphatic rings. The molecule has 0 aliphatic carbocycles. The maximum Gasteiger partial charge on any atom is 0.180 e. The Labute approximate surface area is 119 Å². The summed E-state index contributed by atoms with van der Waals surface area (Å²) in [4.78, 5) is 0.339. The molecule has 0 amide bonds. The van der Waals surface area contributed by atoms with Crippen molar-refractivity contribution in [2.75, 3.05) is 11.1 Å². The van der Waals surface area contributed by atoms with E-state index in [1.165, 1.54) is 0 Å². The van der Waals surface area contributed by atoms with Gasteiger partial charge in [-0.3, -0.25) is 4.68 Å². The van der Waals surface area contributed by atoms with Gasteiger partial charge >= 0.3 is 0 Å². The average molecular weight is 293 g/mol. The van der Waals surface area contributed by atoms with E-state index < -0.39 is 9.84 Å². The fraction of sp³-hybridized carbons (Fsp3) is 0.357. The highest BCUT2D eigenvalue weighted by atomic mass is 32.2. The molecule has 0 fully saturated rings. The van der Waals surface area contributed by atoms with Gasteiger partial charge in [-0.15, -0.1) is 0 Å². The molecular weight excluding hydrogens is 274 g/mol. The van der Waals surface area contributed by atoms with Gasteiger partial charge in [0.1, 0.15) is 0 Å². The van der Waals surface area contributed by atoms with Crippen LogP contribution < -0.4 is 5.32 Å². The molecule has 6 heteroatoms. The van der Waals surface area contributed by atoms with Crippen molar-refractivity contribution < 1.29 is 8.42 Å². The SMILES string of the molecule is CCCS(=O)(=O)c1ccccc1Nc1cnn(CC)c1. The maximum absolute atomic E-state index is 12.2. The van der Waals surface area contributed by atoms with Gasteiger partial charge in [-0.25, -0.2) is 8.42 Å². The van der Waals surface area contributed by atoms with Crippen LogP contribution in [0.15, 0.2) is 41.6 Å². The van der Waals surface area contributed by atoms with E-state index in [1.54, 1.807) is 29.1 Å². The topological polar surface area (TPSA) is 64.0 Å². The Kier molecular flexibility index (Phi) is 4.44. The number of aryl methyl sites for hydroxylation is 1. The molecule has 1 aromatic heterocycles. The lowest BCUT2D eigenvalue weighted by Crippen LogP contribution is -2.08. The van der Waals surface area contributed by atoms with Gasteiger partial charge in [-0.05, 0) is 25.5 Å². The molecule has 1 N–H and O–H groups in total. The molecule has 2 rings (SSSR count). The highest BCUT2D eigenvalue weighted by molar-refractivity contribution is 7.91. The minimum atomic E-state index is -3.25. The molecule has 0 aliphatic heterocycles. The second kappa shape index (κ2) is 6.09. The van der Waals surface area contributed by atoms with Crippen molar-refractivity contribution in [3.63, 3.8) is 0 Å². The first kappa shape index (κ1) is 14.6. The van der Waals surface area contributed by atoms with Crippen LogP contribution in [0.5, 0.6) is 0 Å². The quantitative estimate of drug-likeness (QED) is 0.889. The van der Waals surface area contributed by atoms with Crippen LogP contribution in [0.1, 0.15) is 20.3 Å². The van der Waals surface area contributed by atoms with Crippen molar-refractivity contribution in [1.29, 1.82) is 0 Å². The summed E-state index contributed by atoms with van der Waals surface area (Å²) in [6.07, 6.45) is 4.14. The number of sulfone groups is 1. The second-order valence-electron chi connectivity index (χ2n) is 4.52. The summed E-state index contributed by atoms with van der Waals surface area (Å²) < 4.78 is 26.3. The van der Waals surface area contributed by atoms with Gasteiger partial charge in [0.2, 0.25) is 0 Å². The fourth-order valence-corrected chi connectivity index (χ4v) is 3.47. The van der Waals surface area contributed by atoms with Crippen LogP contribution in [0, 0.1) is 0 Å². The third-order valence-electron chi connectivity index (χ3n) is 2.93. The molecule has 0 bridgehead atoms. The van der Waals surface area contributed by atoms with Crippen molar-refractivity contribution in [3.8, 4) is 0 Å². The Hall–Kier alpha value is -1.82. The van der Waals surface area contributed by atoms with Crippen LogP contribution in [0.2, 0.25) is 0 Å². The number of para-hydroxylation sites is 1. The smallest absolute Gasteiger partial charge is 0.180 e. The molecule has 1 heterocycles. The average Bonchev–Trinajstić information content (AvgIpc) is 2.87. The molecule has 108 valence electrons. The summed E-state index contributed by atoms with van der Waals surface area (Å²) in [5.41, 5.74) is 1.38. The summed E-state index contributed by atoms with van der Waals surface area (Å²) in [6, 6.07) is 6.96. The van der Waals surface area contributed by atoms with E-state index in [4.69, 9.17) is 0 Å². The van der Waals surface area contributed by atoms with Crippen LogP contribution in [0.4, 0.5) is 11.4 Å². The molecular formula is C14H19N3O2S. The van der Waals surface area contributed by atoms with Crippen molar-refractivity contribution in [2.24, 2.45) is 0 Å². The predicted octanol–water partition coefficient (Wildman–Crippen LogP) is 2.83. The molecule has 0 radical (unpaired) electrons. The second-order valence-corrected chi connectivity index (χ2v) is 6.60. The number of nitrogens with zero attached hydrogens (tertiary/aromatic N) is 2. The zero-order valence-electron chi connectivity index (χ0n) is 11.7. The van der Waals surface area contributed by atoms with Crippen molar-refractivity contribution in [2.45, 2.75) is 31.7 Å². The zero-order chi connectivity index (χ0) is 14.6. The molecule has 0 saturated carbocycles. The highest BCUT2D eigenvalue weighted by Crippen LogP contribution is 2.25. The number of hydrogen-bond donors (Lipinski definition) is 1. The number of hydrogen-bond acceptors (Lipinski definition) is 4. The maximum atomic E-state index is 12.2. The van der Waals surface area contributed by atoms with Gasteiger partial charge in [0.05, 0.1) is 28.2 Å². The lowest BCUT2D eigenvalue weighted by Gasteiger charge is -2.10. The van der Waals surface area contributed by atoms with E-state index in [9.17, 15) is 8.42 Å². The number of anilines is 2. The van der Waals surface area contributed by atoms with Crippen molar-refractivity contribution in [1.82, 2.24) is 9.78 Å². The Morgan fingerprint density at radius 3 is 2.65 bits per heavy atom. The highest BCUT2D eigenvalue weighted by Gasteiger charge is 2.17. The predicted molar refractivity (Wildman–Crippen MR) is 80.0 cm³/mol. The van der Waals surface area contributed by atoms with E-state index >= 15 is 0 Å². The molecule has 0 saturated heterocycles. The van der Waals surface area contributed by atoms with Gasteiger partial charge < -0.3 is 5.32 Å². The van der Waals surface area contributed by atoms with Gasteiger partial charge in [0, 0.05) is 12.7 Å². The largest absolute Gasteiger partial charge is 0.352 e. The normalized spacial score (nSPS) is 11.5. The van der Waals surface area contributed by atoms with Crippen LogP contribution in [0.3, 0.4) is 0 Å². The minimum Gasteiger partial charge on any atom is -0.352 e. The molecule has 2 aromatic rings. The van der Waals surface area contributed by atoms with Crippen LogP contribution >= 0.6 is 0 Å². The molecule has 0 atom stereocenters. The lowest BCUT2D eigenvalue weighted by atomic mass is 10.3. The first-order valence-electron chi connectivity index (χ1n) is 6.68. The third kappa shape index (κ3) is 3.19. The van der Waals surface area contributed by atoms with Crippen LogP contribution in [0.25, 0.3) is 0 Å². The number of benzene rings is 1. The standard InChI is InChI=1S/C14H19N3O2S/c1-3-9-20(18,19)14-8-6-5-7-13(14)16-12-10-15-17(4-2)11-12/h5-8,10-11,16H,3-4,9H2,1-2H3. The summed E-state index contributed by atoms with van der Waals surface area (Å²) in [7, 11) is -3.25. The van der Waals surface area contributed by atoms with E-state index in [1.807, 2.05) is 26.1 Å². The Balaban J connectivity index is 2.33. The first-order chi connectivity index (χ1) is 9.56. The molecule has 0 unspecified atom stereocenters. The number of aromatic nitrogens is 2. The zero-order valence-corrected chi connectivity index (χ0v) is 12.5. The summed E-state index contributed by atoms with van der Waals surface area (Å²) >= 11 is 0. The molecule has 20 heavy (non-hydrogen) atoms. The van der Waals surface area contributed by atoms with Crippen molar-refractivity contribution >= 4 is 21.2 Å². The summed E-state index contributed by atoms with van der Waals surface area (Å²) in [5.74, 6) is 0.153. The third-order valence-corrected chi connectivity index (χ3v) is 4.90. The van der Waals surface area contributed by atoms with E-state index in [0.717, 1.165) is 12.2 Å². The van der Waals surface area contributed by atoms with E-state index in [2.05, 4.69) is 10.4 Å². The minimum absolute atomic E-state index is 0.153. The molecule has 0 spiro atoms. The van der Waals surface area contributed by atoms with Crippen LogP contribution in [-0.2, 0) is 16.4 Å². The van der Waals surface area contributed by atoms with Crippen LogP contribution in [-0.4, -0.2) is 24.0 Å². The van der Waals surface area contributed by atoms with E-state index in [0.29, 0.717) is 17.0 Å². The lowest BCUT2D eigenvalue weighted by molar-refractivity contribution is 0.595. The first-order valence-corrected chi connectivity index (χ1v) is 8.33. The molecule has 5 nitrogen and oxygen atoms in total. The fourth-order valence-electron chi connectivity index (χ4n) is 1.98. The Bertz CT molecular complexity index is 677. The summed E-state index contributed by atoms with van der Waals surface area (Å²) in [5, 5.41) is 7.29. The number of nitrogens with one attached hydrogen (secondary N) is 1. The van der Waals surface area contributed by atoms with E-state index in [-0.39, 0.29) is 5.75 Å². The van der Waals surface area contributed by atoms with Crippen molar-refractivity contribution in [3.05, 3.63) is 36.7 Å². The Morgan fingerprint density at radius 1 is 1.25 bits per heavy atom. The summed E-state index contributed by atoms with van der Waals surface area (Å²) in [6.45, 7) is 4.63. The number of rotatable bonds is 6.